The first-order valence-corrected chi connectivity index (χ1v) is 14.0. The number of ether oxygens (including phenoxy) is 2. The van der Waals surface area contributed by atoms with Crippen LogP contribution in [-0.4, -0.2) is 45.7 Å². The number of hydrogen-bond donors (Lipinski definition) is 0. The minimum absolute atomic E-state index is 0.0131. The van der Waals surface area contributed by atoms with Crippen LogP contribution in [0, 0.1) is 6.92 Å². The van der Waals surface area contributed by atoms with E-state index in [0.717, 1.165) is 11.1 Å². The first kappa shape index (κ1) is 27.1. The molecular weight excluding hydrogens is 463 g/mol. The van der Waals surface area contributed by atoms with Gasteiger partial charge in [0.05, 0.1) is 11.5 Å². The summed E-state index contributed by atoms with van der Waals surface area (Å²) in [5, 5.41) is 0. The van der Waals surface area contributed by atoms with Gasteiger partial charge in [-0.25, -0.2) is 8.98 Å². The highest BCUT2D eigenvalue weighted by Gasteiger charge is 2.47. The molecule has 33 heavy (non-hydrogen) atoms. The predicted molar refractivity (Wildman–Crippen MR) is 127 cm³/mol. The van der Waals surface area contributed by atoms with Crippen LogP contribution >= 0.6 is 7.80 Å². The van der Waals surface area contributed by atoms with Crippen LogP contribution in [-0.2, 0) is 39.6 Å². The molecule has 2 unspecified atom stereocenters. The van der Waals surface area contributed by atoms with E-state index in [2.05, 4.69) is 0 Å². The average molecular weight is 496 g/mol. The van der Waals surface area contributed by atoms with Crippen molar-refractivity contribution >= 4 is 23.9 Å². The van der Waals surface area contributed by atoms with E-state index in [9.17, 15) is 17.8 Å². The van der Waals surface area contributed by atoms with Gasteiger partial charge in [-0.2, -0.15) is 8.42 Å². The lowest BCUT2D eigenvalue weighted by molar-refractivity contribution is -0.170. The third kappa shape index (κ3) is 8.31. The topological polar surface area (TPSA) is 96.0 Å². The average Bonchev–Trinajstić information content (AvgIpc) is 2.79. The molecule has 0 saturated heterocycles. The number of rotatable bonds is 14. The minimum Gasteiger partial charge on any atom is -0.464 e. The molecule has 0 bridgehead atoms. The maximum atomic E-state index is 12.9. The number of hydrogen-bond acceptors (Lipinski definition) is 7. The van der Waals surface area contributed by atoms with Crippen molar-refractivity contribution in [2.45, 2.75) is 50.5 Å². The van der Waals surface area contributed by atoms with Crippen molar-refractivity contribution in [3.05, 3.63) is 65.7 Å². The Morgan fingerprint density at radius 2 is 1.67 bits per heavy atom. The van der Waals surface area contributed by atoms with Gasteiger partial charge in [-0.05, 0) is 57.7 Å². The van der Waals surface area contributed by atoms with E-state index >= 15 is 0 Å². The van der Waals surface area contributed by atoms with Gasteiger partial charge in [-0.1, -0.05) is 52.6 Å². The fourth-order valence-electron chi connectivity index (χ4n) is 3.42. The summed E-state index contributed by atoms with van der Waals surface area (Å²) in [6.07, 6.45) is 0.880. The van der Waals surface area contributed by atoms with Gasteiger partial charge in [0.15, 0.2) is 6.16 Å². The Balaban J connectivity index is 2.10. The fourth-order valence-corrected chi connectivity index (χ4v) is 6.09. The lowest BCUT2D eigenvalue weighted by Crippen LogP contribution is -2.46. The summed E-state index contributed by atoms with van der Waals surface area (Å²) >= 11 is 0. The van der Waals surface area contributed by atoms with Gasteiger partial charge < -0.3 is 9.47 Å². The van der Waals surface area contributed by atoms with Gasteiger partial charge in [-0.3, -0.25) is 0 Å². The van der Waals surface area contributed by atoms with Gasteiger partial charge in [0.1, 0.15) is 0 Å². The summed E-state index contributed by atoms with van der Waals surface area (Å²) in [7, 11) is -6.30. The van der Waals surface area contributed by atoms with Gasteiger partial charge in [0, 0.05) is 6.61 Å². The largest absolute Gasteiger partial charge is 0.464 e. The summed E-state index contributed by atoms with van der Waals surface area (Å²) < 4.78 is 53.8. The molecule has 0 heterocycles. The molecule has 0 amide bonds. The van der Waals surface area contributed by atoms with Gasteiger partial charge in [-0.15, -0.1) is 0 Å². The summed E-state index contributed by atoms with van der Waals surface area (Å²) in [5.41, 5.74) is 0.597. The molecule has 9 heteroatoms. The summed E-state index contributed by atoms with van der Waals surface area (Å²) in [6.45, 7) is 5.65. The Morgan fingerprint density at radius 3 is 2.27 bits per heavy atom. The van der Waals surface area contributed by atoms with Crippen LogP contribution in [0.5, 0.6) is 0 Å². The summed E-state index contributed by atoms with van der Waals surface area (Å²) in [4.78, 5) is 12.8. The maximum absolute atomic E-state index is 12.9. The normalized spacial score (nSPS) is 13.8. The number of carbonyl (C=O) groups excluding carboxylic acids is 1. The molecule has 0 radical (unpaired) electrons. The van der Waals surface area contributed by atoms with Crippen LogP contribution < -0.4 is 0 Å². The summed E-state index contributed by atoms with van der Waals surface area (Å²) in [6, 6.07) is 16.0. The standard InChI is InChI=1S/C24H32O7PS/c1-4-29-23(25)24(30-5-2,17-9-12-21-10-7-6-8-11-21)18-32(26)19-31-33(27,28)22-15-13-20(3)14-16-22/h6-8,10-11,13-16H,4-5,9,12,17-19H2,1-3H3/q+1. The van der Waals surface area contributed by atoms with Crippen molar-refractivity contribution in [3.63, 3.8) is 0 Å². The SMILES string of the molecule is CCOC(=O)C(CCCc1ccccc1)(C[P+](=O)COS(=O)(=O)c1ccc(C)cc1)OCC. The van der Waals surface area contributed by atoms with E-state index in [4.69, 9.17) is 13.7 Å². The Kier molecular flexibility index (Phi) is 10.6. The van der Waals surface area contributed by atoms with Gasteiger partial charge in [0.25, 0.3) is 6.35 Å². The maximum Gasteiger partial charge on any atom is 0.371 e. The van der Waals surface area contributed by atoms with Crippen LogP contribution in [0.2, 0.25) is 0 Å². The molecule has 2 rings (SSSR count). The Morgan fingerprint density at radius 1 is 1.00 bits per heavy atom. The van der Waals surface area contributed by atoms with E-state index in [1.54, 1.807) is 26.0 Å². The molecule has 0 N–H and O–H groups in total. The smallest absolute Gasteiger partial charge is 0.371 e. The highest BCUT2D eigenvalue weighted by atomic mass is 32.2. The van der Waals surface area contributed by atoms with Crippen molar-refractivity contribution in [2.75, 3.05) is 25.7 Å². The lowest BCUT2D eigenvalue weighted by atomic mass is 9.96. The zero-order valence-corrected chi connectivity index (χ0v) is 21.1. The zero-order valence-electron chi connectivity index (χ0n) is 19.4. The second-order valence-electron chi connectivity index (χ2n) is 7.64. The van der Waals surface area contributed by atoms with Crippen molar-refractivity contribution < 1.29 is 31.4 Å². The number of carbonyl (C=O) groups is 1. The van der Waals surface area contributed by atoms with Crippen molar-refractivity contribution in [2.24, 2.45) is 0 Å². The first-order valence-electron chi connectivity index (χ1n) is 11.0. The molecule has 0 aliphatic heterocycles. The second kappa shape index (κ2) is 12.9. The molecule has 0 saturated carbocycles. The second-order valence-corrected chi connectivity index (χ2v) is 10.8. The van der Waals surface area contributed by atoms with Gasteiger partial charge in [0.2, 0.25) is 5.60 Å². The molecule has 0 aliphatic rings. The zero-order chi connectivity index (χ0) is 24.3. The molecule has 0 aromatic heterocycles. The molecule has 7 nitrogen and oxygen atoms in total. The quantitative estimate of drug-likeness (QED) is 0.210. The molecule has 0 aliphatic carbocycles. The van der Waals surface area contributed by atoms with Crippen LogP contribution in [0.3, 0.4) is 0 Å². The molecule has 2 aromatic rings. The first-order chi connectivity index (χ1) is 15.7. The fraction of sp³-hybridized carbons (Fsp3) is 0.458. The van der Waals surface area contributed by atoms with E-state index in [-0.39, 0.29) is 24.3 Å². The van der Waals surface area contributed by atoms with E-state index in [1.807, 2.05) is 37.3 Å². The van der Waals surface area contributed by atoms with Crippen molar-refractivity contribution in [1.82, 2.24) is 0 Å². The third-order valence-corrected chi connectivity index (χ3v) is 7.78. The van der Waals surface area contributed by atoms with Crippen LogP contribution in [0.15, 0.2) is 59.5 Å². The summed E-state index contributed by atoms with van der Waals surface area (Å²) in [5.74, 6) is -0.593. The highest BCUT2D eigenvalue weighted by molar-refractivity contribution is 7.87. The van der Waals surface area contributed by atoms with E-state index < -0.39 is 35.8 Å². The Bertz CT molecular complexity index is 1010. The molecule has 0 fully saturated rings. The van der Waals surface area contributed by atoms with Crippen molar-refractivity contribution in [1.29, 1.82) is 0 Å². The van der Waals surface area contributed by atoms with Crippen LogP contribution in [0.1, 0.15) is 37.8 Å². The lowest BCUT2D eigenvalue weighted by Gasteiger charge is -2.27. The van der Waals surface area contributed by atoms with Crippen LogP contribution in [0.25, 0.3) is 0 Å². The monoisotopic (exact) mass is 495 g/mol. The van der Waals surface area contributed by atoms with Crippen LogP contribution in [0.4, 0.5) is 0 Å². The highest BCUT2D eigenvalue weighted by Crippen LogP contribution is 2.34. The minimum atomic E-state index is -4.06. The number of esters is 1. The Labute approximate surface area is 197 Å². The molecular formula is C24H32O7PS+. The van der Waals surface area contributed by atoms with E-state index in [0.29, 0.717) is 19.3 Å². The van der Waals surface area contributed by atoms with Crippen molar-refractivity contribution in [3.8, 4) is 0 Å². The number of benzene rings is 2. The molecule has 2 aromatic carbocycles. The molecule has 180 valence electrons. The molecule has 0 spiro atoms. The molecule has 2 atom stereocenters. The van der Waals surface area contributed by atoms with Gasteiger partial charge >= 0.3 is 23.9 Å². The Hall–Kier alpha value is -2.12. The number of aryl methyl sites for hydroxylation is 2. The third-order valence-electron chi connectivity index (χ3n) is 5.05. The predicted octanol–water partition coefficient (Wildman–Crippen LogP) is 4.85. The van der Waals surface area contributed by atoms with E-state index in [1.165, 1.54) is 12.1 Å².